The minimum Gasteiger partial charge on any atom is -0.482 e. The predicted octanol–water partition coefficient (Wildman–Crippen LogP) is 1.18. The Morgan fingerprint density at radius 2 is 2.15 bits per heavy atom. The molecule has 0 radical (unpaired) electrons. The van der Waals surface area contributed by atoms with Crippen LogP contribution in [0.25, 0.3) is 0 Å². The van der Waals surface area contributed by atoms with Gasteiger partial charge in [0.1, 0.15) is 11.3 Å². The van der Waals surface area contributed by atoms with E-state index in [1.54, 1.807) is 0 Å². The zero-order valence-electron chi connectivity index (χ0n) is 10.8. The third kappa shape index (κ3) is 2.04. The molecule has 0 aromatic heterocycles. The molecule has 1 N–H and O–H groups in total. The van der Waals surface area contributed by atoms with Gasteiger partial charge >= 0.3 is 5.97 Å². The highest BCUT2D eigenvalue weighted by Crippen LogP contribution is 2.38. The van der Waals surface area contributed by atoms with Crippen LogP contribution in [0, 0.1) is 10.1 Å². The van der Waals surface area contributed by atoms with Crippen molar-refractivity contribution in [2.45, 2.75) is 19.4 Å². The van der Waals surface area contributed by atoms with Crippen molar-refractivity contribution in [1.29, 1.82) is 0 Å². The monoisotopic (exact) mass is 280 g/mol. The Morgan fingerprint density at radius 1 is 1.50 bits per heavy atom. The Kier molecular flexibility index (Phi) is 3.09. The summed E-state index contributed by atoms with van der Waals surface area (Å²) >= 11 is 0. The molecule has 0 spiro atoms. The number of hydrogen-bond acceptors (Lipinski definition) is 5. The molecule has 0 atom stereocenters. The van der Waals surface area contributed by atoms with Gasteiger partial charge in [0.2, 0.25) is 0 Å². The van der Waals surface area contributed by atoms with E-state index in [9.17, 15) is 24.8 Å². The maximum atomic E-state index is 12.0. The van der Waals surface area contributed by atoms with Gasteiger partial charge in [-0.3, -0.25) is 19.8 Å². The molecule has 106 valence electrons. The summed E-state index contributed by atoms with van der Waals surface area (Å²) in [7, 11) is 0. The molecule has 0 aliphatic carbocycles. The van der Waals surface area contributed by atoms with Gasteiger partial charge in [-0.25, -0.2) is 4.79 Å². The Balaban J connectivity index is 2.61. The fourth-order valence-electron chi connectivity index (χ4n) is 1.96. The van der Waals surface area contributed by atoms with E-state index in [0.717, 1.165) is 11.0 Å². The van der Waals surface area contributed by atoms with Crippen LogP contribution in [0.15, 0.2) is 18.2 Å². The zero-order chi connectivity index (χ0) is 15.1. The number of carbonyl (C=O) groups is 2. The Morgan fingerprint density at radius 3 is 2.70 bits per heavy atom. The lowest BCUT2D eigenvalue weighted by molar-refractivity contribution is -0.384. The standard InChI is InChI=1S/C12H12N2O6/c1-12(2,11(16)17)13-8-5-7(14(18)19)3-4-9(8)20-6-10(13)15/h3-5H,6H2,1-2H3,(H,16,17). The molecule has 8 nitrogen and oxygen atoms in total. The van der Waals surface area contributed by atoms with Crippen LogP contribution in [-0.2, 0) is 9.59 Å². The number of non-ortho nitro benzene ring substituents is 1. The predicted molar refractivity (Wildman–Crippen MR) is 67.8 cm³/mol. The molecule has 0 saturated carbocycles. The minimum absolute atomic E-state index is 0.0860. The number of amides is 1. The maximum Gasteiger partial charge on any atom is 0.329 e. The molecule has 1 amide bonds. The molecule has 1 aliphatic rings. The summed E-state index contributed by atoms with van der Waals surface area (Å²) < 4.78 is 5.17. The summed E-state index contributed by atoms with van der Waals surface area (Å²) in [6, 6.07) is 3.72. The molecule has 0 saturated heterocycles. The molecule has 0 unspecified atom stereocenters. The summed E-state index contributed by atoms with van der Waals surface area (Å²) in [5, 5.41) is 20.1. The average Bonchev–Trinajstić information content (AvgIpc) is 2.37. The van der Waals surface area contributed by atoms with Gasteiger partial charge in [-0.2, -0.15) is 0 Å². The maximum absolute atomic E-state index is 12.0. The van der Waals surface area contributed by atoms with E-state index in [4.69, 9.17) is 4.74 Å². The summed E-state index contributed by atoms with van der Waals surface area (Å²) in [6.45, 7) is 2.39. The first kappa shape index (κ1) is 13.8. The SMILES string of the molecule is CC(C)(C(=O)O)N1C(=O)COc2ccc([N+](=O)[O-])cc21. The summed E-state index contributed by atoms with van der Waals surface area (Å²) in [5.41, 5.74) is -1.69. The van der Waals surface area contributed by atoms with Gasteiger partial charge in [-0.1, -0.05) is 0 Å². The summed E-state index contributed by atoms with van der Waals surface area (Å²) in [5.74, 6) is -1.54. The number of nitro benzene ring substituents is 1. The number of anilines is 1. The molecular formula is C12H12N2O6. The molecular weight excluding hydrogens is 268 g/mol. The number of carboxylic acid groups (broad SMARTS) is 1. The lowest BCUT2D eigenvalue weighted by Gasteiger charge is -2.38. The van der Waals surface area contributed by atoms with Crippen molar-refractivity contribution in [1.82, 2.24) is 0 Å². The molecule has 2 rings (SSSR count). The topological polar surface area (TPSA) is 110 Å². The number of nitro groups is 1. The smallest absolute Gasteiger partial charge is 0.329 e. The second-order valence-electron chi connectivity index (χ2n) is 4.79. The normalized spacial score (nSPS) is 14.5. The third-order valence-electron chi connectivity index (χ3n) is 3.08. The third-order valence-corrected chi connectivity index (χ3v) is 3.08. The van der Waals surface area contributed by atoms with Crippen molar-refractivity contribution in [2.75, 3.05) is 11.5 Å². The highest BCUT2D eigenvalue weighted by molar-refractivity contribution is 6.04. The van der Waals surface area contributed by atoms with Gasteiger partial charge < -0.3 is 9.84 Å². The second-order valence-corrected chi connectivity index (χ2v) is 4.79. The van der Waals surface area contributed by atoms with Crippen LogP contribution < -0.4 is 9.64 Å². The fraction of sp³-hybridized carbons (Fsp3) is 0.333. The molecule has 8 heteroatoms. The molecule has 1 aromatic rings. The molecule has 20 heavy (non-hydrogen) atoms. The average molecular weight is 280 g/mol. The lowest BCUT2D eigenvalue weighted by atomic mass is 10.0. The van der Waals surface area contributed by atoms with E-state index >= 15 is 0 Å². The van der Waals surface area contributed by atoms with Gasteiger partial charge in [-0.05, 0) is 19.9 Å². The number of aliphatic carboxylic acids is 1. The second kappa shape index (κ2) is 4.48. The van der Waals surface area contributed by atoms with E-state index in [-0.39, 0.29) is 23.7 Å². The van der Waals surface area contributed by atoms with Crippen molar-refractivity contribution in [3.63, 3.8) is 0 Å². The van der Waals surface area contributed by atoms with Crippen LogP contribution >= 0.6 is 0 Å². The first-order valence-electron chi connectivity index (χ1n) is 5.73. The van der Waals surface area contributed by atoms with E-state index in [1.165, 1.54) is 26.0 Å². The Bertz CT molecular complexity index is 610. The Labute approximate surface area is 113 Å². The first-order chi connectivity index (χ1) is 9.25. The van der Waals surface area contributed by atoms with E-state index in [0.29, 0.717) is 0 Å². The van der Waals surface area contributed by atoms with Gasteiger partial charge in [0, 0.05) is 12.1 Å². The minimum atomic E-state index is -1.54. The highest BCUT2D eigenvalue weighted by Gasteiger charge is 2.42. The van der Waals surface area contributed by atoms with Crippen LogP contribution in [0.2, 0.25) is 0 Å². The number of carboxylic acids is 1. The number of nitrogens with zero attached hydrogens (tertiary/aromatic N) is 2. The van der Waals surface area contributed by atoms with E-state index < -0.39 is 22.3 Å². The first-order valence-corrected chi connectivity index (χ1v) is 5.73. The van der Waals surface area contributed by atoms with Gasteiger partial charge in [0.25, 0.3) is 11.6 Å². The number of hydrogen-bond donors (Lipinski definition) is 1. The largest absolute Gasteiger partial charge is 0.482 e. The quantitative estimate of drug-likeness (QED) is 0.657. The van der Waals surface area contributed by atoms with Crippen LogP contribution in [-0.4, -0.2) is 34.1 Å². The number of rotatable bonds is 3. The molecule has 1 heterocycles. The Hall–Kier alpha value is -2.64. The van der Waals surface area contributed by atoms with Crippen molar-refractivity contribution in [3.8, 4) is 5.75 Å². The van der Waals surface area contributed by atoms with Crippen molar-refractivity contribution >= 4 is 23.3 Å². The van der Waals surface area contributed by atoms with Gasteiger partial charge in [0.05, 0.1) is 10.6 Å². The van der Waals surface area contributed by atoms with Crippen molar-refractivity contribution < 1.29 is 24.4 Å². The number of ether oxygens (including phenoxy) is 1. The highest BCUT2D eigenvalue weighted by atomic mass is 16.6. The fourth-order valence-corrected chi connectivity index (χ4v) is 1.96. The van der Waals surface area contributed by atoms with Crippen LogP contribution in [0.3, 0.4) is 0 Å². The zero-order valence-corrected chi connectivity index (χ0v) is 10.8. The number of fused-ring (bicyclic) bond motifs is 1. The number of benzene rings is 1. The summed E-state index contributed by atoms with van der Waals surface area (Å²) in [4.78, 5) is 34.5. The van der Waals surface area contributed by atoms with Gasteiger partial charge in [-0.15, -0.1) is 0 Å². The molecule has 1 aromatic carbocycles. The van der Waals surface area contributed by atoms with Crippen molar-refractivity contribution in [2.24, 2.45) is 0 Å². The molecule has 1 aliphatic heterocycles. The van der Waals surface area contributed by atoms with E-state index in [1.807, 2.05) is 0 Å². The number of carbonyl (C=O) groups excluding carboxylic acids is 1. The summed E-state index contributed by atoms with van der Waals surface area (Å²) in [6.07, 6.45) is 0. The van der Waals surface area contributed by atoms with Crippen LogP contribution in [0.5, 0.6) is 5.75 Å². The molecule has 0 fully saturated rings. The van der Waals surface area contributed by atoms with Crippen LogP contribution in [0.1, 0.15) is 13.8 Å². The van der Waals surface area contributed by atoms with Gasteiger partial charge in [0.15, 0.2) is 6.61 Å². The van der Waals surface area contributed by atoms with E-state index in [2.05, 4.69) is 0 Å². The molecule has 0 bridgehead atoms. The van der Waals surface area contributed by atoms with Crippen molar-refractivity contribution in [3.05, 3.63) is 28.3 Å². The van der Waals surface area contributed by atoms with Crippen LogP contribution in [0.4, 0.5) is 11.4 Å². The lowest BCUT2D eigenvalue weighted by Crippen LogP contribution is -2.56.